The van der Waals surface area contributed by atoms with Crippen molar-refractivity contribution in [3.8, 4) is 5.75 Å². The Bertz CT molecular complexity index is 356. The number of ether oxygens (including phenoxy) is 1. The fourth-order valence-corrected chi connectivity index (χ4v) is 2.06. The van der Waals surface area contributed by atoms with E-state index in [4.69, 9.17) is 4.74 Å². The van der Waals surface area contributed by atoms with Crippen LogP contribution in [0.25, 0.3) is 0 Å². The molecule has 1 atom stereocenters. The lowest BCUT2D eigenvalue weighted by atomic mass is 9.87. The van der Waals surface area contributed by atoms with Crippen molar-refractivity contribution in [3.05, 3.63) is 29.3 Å². The van der Waals surface area contributed by atoms with Gasteiger partial charge in [-0.2, -0.15) is 0 Å². The van der Waals surface area contributed by atoms with Gasteiger partial charge >= 0.3 is 0 Å². The van der Waals surface area contributed by atoms with Crippen LogP contribution in [0.3, 0.4) is 0 Å². The van der Waals surface area contributed by atoms with E-state index in [-0.39, 0.29) is 12.5 Å². The van der Waals surface area contributed by atoms with Crippen LogP contribution in [0.4, 0.5) is 0 Å². The first kappa shape index (κ1) is 14.0. The molecule has 0 fully saturated rings. The number of rotatable bonds is 5. The average molecular weight is 236 g/mol. The lowest BCUT2D eigenvalue weighted by Gasteiger charge is -2.22. The minimum Gasteiger partial charge on any atom is -0.496 e. The molecular formula is C15H24O2. The van der Waals surface area contributed by atoms with Crippen LogP contribution < -0.4 is 4.74 Å². The number of aliphatic hydroxyl groups excluding tert-OH is 1. The summed E-state index contributed by atoms with van der Waals surface area (Å²) in [5.41, 5.74) is 2.38. The number of methoxy groups -OCH3 is 1. The molecule has 0 aliphatic heterocycles. The van der Waals surface area contributed by atoms with Crippen molar-refractivity contribution in [1.29, 1.82) is 0 Å². The SMILES string of the molecule is COc1cc(C(C)C)ccc1C(CO)C(C)C. The highest BCUT2D eigenvalue weighted by atomic mass is 16.5. The summed E-state index contributed by atoms with van der Waals surface area (Å²) in [5, 5.41) is 9.49. The molecule has 96 valence electrons. The molecule has 17 heavy (non-hydrogen) atoms. The number of aliphatic hydroxyl groups is 1. The van der Waals surface area contributed by atoms with E-state index in [2.05, 4.69) is 45.9 Å². The zero-order valence-corrected chi connectivity index (χ0v) is 11.5. The Balaban J connectivity index is 3.15. The molecule has 0 bridgehead atoms. The minimum absolute atomic E-state index is 0.145. The molecule has 1 aromatic carbocycles. The van der Waals surface area contributed by atoms with Crippen molar-refractivity contribution in [2.45, 2.75) is 39.5 Å². The van der Waals surface area contributed by atoms with Crippen LogP contribution in [-0.4, -0.2) is 18.8 Å². The van der Waals surface area contributed by atoms with E-state index >= 15 is 0 Å². The lowest BCUT2D eigenvalue weighted by Crippen LogP contribution is -2.12. The van der Waals surface area contributed by atoms with E-state index < -0.39 is 0 Å². The summed E-state index contributed by atoms with van der Waals surface area (Å²) >= 11 is 0. The molecule has 0 aliphatic rings. The van der Waals surface area contributed by atoms with Gasteiger partial charge in [0.05, 0.1) is 13.7 Å². The monoisotopic (exact) mass is 236 g/mol. The second-order valence-corrected chi connectivity index (χ2v) is 5.19. The van der Waals surface area contributed by atoms with Gasteiger partial charge in [-0.25, -0.2) is 0 Å². The molecule has 0 aliphatic carbocycles. The first-order valence-corrected chi connectivity index (χ1v) is 6.29. The Morgan fingerprint density at radius 3 is 2.24 bits per heavy atom. The molecule has 1 N–H and O–H groups in total. The predicted octanol–water partition coefficient (Wildman–Crippen LogP) is 3.55. The highest BCUT2D eigenvalue weighted by molar-refractivity contribution is 5.41. The summed E-state index contributed by atoms with van der Waals surface area (Å²) in [4.78, 5) is 0. The Hall–Kier alpha value is -1.02. The molecule has 1 aromatic rings. The largest absolute Gasteiger partial charge is 0.496 e. The summed E-state index contributed by atoms with van der Waals surface area (Å²) in [7, 11) is 1.69. The van der Waals surface area contributed by atoms with E-state index in [1.54, 1.807) is 7.11 Å². The summed E-state index contributed by atoms with van der Waals surface area (Å²) in [6.07, 6.45) is 0. The molecule has 2 nitrogen and oxygen atoms in total. The fraction of sp³-hybridized carbons (Fsp3) is 0.600. The highest BCUT2D eigenvalue weighted by Crippen LogP contribution is 2.33. The molecule has 0 saturated heterocycles. The van der Waals surface area contributed by atoms with Crippen molar-refractivity contribution in [2.75, 3.05) is 13.7 Å². The molecular weight excluding hydrogens is 212 g/mol. The van der Waals surface area contributed by atoms with Crippen molar-refractivity contribution in [3.63, 3.8) is 0 Å². The predicted molar refractivity (Wildman–Crippen MR) is 71.7 cm³/mol. The van der Waals surface area contributed by atoms with Crippen LogP contribution in [0, 0.1) is 5.92 Å². The topological polar surface area (TPSA) is 29.5 Å². The summed E-state index contributed by atoms with van der Waals surface area (Å²) < 4.78 is 5.46. The van der Waals surface area contributed by atoms with Gasteiger partial charge in [0.25, 0.3) is 0 Å². The van der Waals surface area contributed by atoms with E-state index in [1.807, 2.05) is 0 Å². The van der Waals surface area contributed by atoms with Gasteiger partial charge in [0.2, 0.25) is 0 Å². The number of hydrogen-bond acceptors (Lipinski definition) is 2. The van der Waals surface area contributed by atoms with Crippen LogP contribution in [0.1, 0.15) is 50.7 Å². The van der Waals surface area contributed by atoms with Crippen molar-refractivity contribution in [1.82, 2.24) is 0 Å². The summed E-state index contributed by atoms with van der Waals surface area (Å²) in [6.45, 7) is 8.74. The van der Waals surface area contributed by atoms with Crippen LogP contribution in [0.5, 0.6) is 5.75 Å². The van der Waals surface area contributed by atoms with Gasteiger partial charge in [0.15, 0.2) is 0 Å². The third kappa shape index (κ3) is 3.22. The normalized spacial score (nSPS) is 13.2. The molecule has 2 heteroatoms. The third-order valence-electron chi connectivity index (χ3n) is 3.33. The lowest BCUT2D eigenvalue weighted by molar-refractivity contribution is 0.234. The van der Waals surface area contributed by atoms with Crippen LogP contribution in [0.2, 0.25) is 0 Å². The van der Waals surface area contributed by atoms with Gasteiger partial charge in [-0.05, 0) is 29.0 Å². The first-order valence-electron chi connectivity index (χ1n) is 6.29. The van der Waals surface area contributed by atoms with E-state index in [0.717, 1.165) is 11.3 Å². The van der Waals surface area contributed by atoms with E-state index in [0.29, 0.717) is 11.8 Å². The molecule has 1 rings (SSSR count). The first-order chi connectivity index (χ1) is 8.01. The van der Waals surface area contributed by atoms with Crippen molar-refractivity contribution >= 4 is 0 Å². The molecule has 0 amide bonds. The van der Waals surface area contributed by atoms with Gasteiger partial charge in [-0.15, -0.1) is 0 Å². The average Bonchev–Trinajstić information content (AvgIpc) is 2.29. The smallest absolute Gasteiger partial charge is 0.122 e. The molecule has 1 unspecified atom stereocenters. The second-order valence-electron chi connectivity index (χ2n) is 5.19. The minimum atomic E-state index is 0.145. The quantitative estimate of drug-likeness (QED) is 0.847. The van der Waals surface area contributed by atoms with E-state index in [9.17, 15) is 5.11 Å². The summed E-state index contributed by atoms with van der Waals surface area (Å²) in [6, 6.07) is 6.31. The second kappa shape index (κ2) is 6.06. The molecule has 0 saturated carbocycles. The van der Waals surface area contributed by atoms with Crippen LogP contribution >= 0.6 is 0 Å². The molecule has 0 aromatic heterocycles. The maximum absolute atomic E-state index is 9.49. The Morgan fingerprint density at radius 1 is 1.18 bits per heavy atom. The Labute approximate surface area is 105 Å². The number of hydrogen-bond donors (Lipinski definition) is 1. The molecule has 0 heterocycles. The standard InChI is InChI=1S/C15H24O2/c1-10(2)12-6-7-13(15(8-12)17-5)14(9-16)11(3)4/h6-8,10-11,14,16H,9H2,1-5H3. The van der Waals surface area contributed by atoms with Gasteiger partial charge in [-0.3, -0.25) is 0 Å². The van der Waals surface area contributed by atoms with Gasteiger partial charge in [0, 0.05) is 5.92 Å². The Morgan fingerprint density at radius 2 is 1.82 bits per heavy atom. The van der Waals surface area contributed by atoms with Crippen molar-refractivity contribution in [2.24, 2.45) is 5.92 Å². The summed E-state index contributed by atoms with van der Waals surface area (Å²) in [5.74, 6) is 1.93. The molecule has 0 spiro atoms. The van der Waals surface area contributed by atoms with Gasteiger partial charge in [-0.1, -0.05) is 39.8 Å². The zero-order valence-electron chi connectivity index (χ0n) is 11.5. The fourth-order valence-electron chi connectivity index (χ4n) is 2.06. The van der Waals surface area contributed by atoms with Crippen LogP contribution in [-0.2, 0) is 0 Å². The van der Waals surface area contributed by atoms with E-state index in [1.165, 1.54) is 5.56 Å². The number of benzene rings is 1. The highest BCUT2D eigenvalue weighted by Gasteiger charge is 2.19. The third-order valence-corrected chi connectivity index (χ3v) is 3.33. The van der Waals surface area contributed by atoms with Crippen LogP contribution in [0.15, 0.2) is 18.2 Å². The maximum Gasteiger partial charge on any atom is 0.122 e. The van der Waals surface area contributed by atoms with Gasteiger partial charge < -0.3 is 9.84 Å². The molecule has 0 radical (unpaired) electrons. The Kier molecular flexibility index (Phi) is 5.01. The maximum atomic E-state index is 9.49. The van der Waals surface area contributed by atoms with Gasteiger partial charge in [0.1, 0.15) is 5.75 Å². The zero-order chi connectivity index (χ0) is 13.0. The van der Waals surface area contributed by atoms with Crippen molar-refractivity contribution < 1.29 is 9.84 Å².